The molecule has 1 saturated heterocycles. The molecule has 3 aromatic rings. The molecule has 0 unspecified atom stereocenters. The Morgan fingerprint density at radius 3 is 2.47 bits per heavy atom. The summed E-state index contributed by atoms with van der Waals surface area (Å²) in [5.74, 6) is 1.39. The third-order valence-electron chi connectivity index (χ3n) is 8.30. The minimum atomic E-state index is -0.497. The second-order valence-electron chi connectivity index (χ2n) is 9.65. The summed E-state index contributed by atoms with van der Waals surface area (Å²) < 4.78 is 18.1. The molecule has 5 nitrogen and oxygen atoms in total. The molecule has 0 amide bonds. The maximum Gasteiger partial charge on any atom is 0.171 e. The van der Waals surface area contributed by atoms with Crippen molar-refractivity contribution in [3.8, 4) is 17.1 Å². The summed E-state index contributed by atoms with van der Waals surface area (Å²) in [6.07, 6.45) is 3.55. The van der Waals surface area contributed by atoms with Crippen LogP contribution in [0.4, 0.5) is 0 Å². The molecule has 34 heavy (non-hydrogen) atoms. The quantitative estimate of drug-likeness (QED) is 0.445. The van der Waals surface area contributed by atoms with Crippen molar-refractivity contribution in [3.05, 3.63) is 76.6 Å². The molecule has 1 spiro atoms. The molecule has 2 aromatic carbocycles. The highest BCUT2D eigenvalue weighted by Crippen LogP contribution is 2.60. The van der Waals surface area contributed by atoms with Gasteiger partial charge in [-0.05, 0) is 42.9 Å². The number of hydrogen-bond acceptors (Lipinski definition) is 5. The highest BCUT2D eigenvalue weighted by molar-refractivity contribution is 6.30. The molecule has 0 radical (unpaired) electrons. The van der Waals surface area contributed by atoms with Crippen molar-refractivity contribution in [3.63, 3.8) is 0 Å². The summed E-state index contributed by atoms with van der Waals surface area (Å²) in [5, 5.41) is 0.543. The average molecular weight is 477 g/mol. The van der Waals surface area contributed by atoms with E-state index in [-0.39, 0.29) is 11.3 Å². The minimum absolute atomic E-state index is 0.223. The molecule has 1 saturated carbocycles. The van der Waals surface area contributed by atoms with Gasteiger partial charge in [0.05, 0.1) is 31.6 Å². The number of fused-ring (bicyclic) bond motifs is 3. The molecule has 1 aromatic heterocycles. The van der Waals surface area contributed by atoms with E-state index < -0.39 is 5.79 Å². The lowest BCUT2D eigenvalue weighted by atomic mass is 9.52. The van der Waals surface area contributed by atoms with Crippen molar-refractivity contribution in [2.45, 2.75) is 43.8 Å². The summed E-state index contributed by atoms with van der Waals surface area (Å²) in [7, 11) is 1.67. The van der Waals surface area contributed by atoms with Gasteiger partial charge in [0.2, 0.25) is 0 Å². The van der Waals surface area contributed by atoms with Gasteiger partial charge in [0.1, 0.15) is 10.9 Å². The van der Waals surface area contributed by atoms with Gasteiger partial charge in [-0.25, -0.2) is 9.97 Å². The Hall–Kier alpha value is -2.47. The first-order valence-corrected chi connectivity index (χ1v) is 12.5. The van der Waals surface area contributed by atoms with Gasteiger partial charge in [0.25, 0.3) is 0 Å². The number of nitrogens with zero attached hydrogens (tertiary/aromatic N) is 2. The molecule has 2 fully saturated rings. The van der Waals surface area contributed by atoms with E-state index in [1.165, 1.54) is 5.56 Å². The van der Waals surface area contributed by atoms with Crippen LogP contribution in [0.1, 0.15) is 43.0 Å². The van der Waals surface area contributed by atoms with Crippen LogP contribution in [0.15, 0.2) is 54.6 Å². The van der Waals surface area contributed by atoms with Crippen LogP contribution in [0.5, 0.6) is 5.75 Å². The van der Waals surface area contributed by atoms with Gasteiger partial charge in [-0.2, -0.15) is 0 Å². The van der Waals surface area contributed by atoms with Crippen LogP contribution in [0.25, 0.3) is 11.4 Å². The van der Waals surface area contributed by atoms with Gasteiger partial charge < -0.3 is 14.2 Å². The van der Waals surface area contributed by atoms with Gasteiger partial charge in [-0.15, -0.1) is 0 Å². The fraction of sp³-hybridized carbons (Fsp3) is 0.429. The number of halogens is 1. The van der Waals surface area contributed by atoms with E-state index in [1.54, 1.807) is 7.11 Å². The third-order valence-corrected chi connectivity index (χ3v) is 8.61. The summed E-state index contributed by atoms with van der Waals surface area (Å²) in [4.78, 5) is 10.0. The summed E-state index contributed by atoms with van der Waals surface area (Å²) >= 11 is 6.89. The van der Waals surface area contributed by atoms with Crippen LogP contribution in [0, 0.1) is 11.8 Å². The lowest BCUT2D eigenvalue weighted by Gasteiger charge is -2.55. The van der Waals surface area contributed by atoms with Crippen molar-refractivity contribution in [2.24, 2.45) is 11.8 Å². The van der Waals surface area contributed by atoms with Crippen molar-refractivity contribution >= 4 is 11.6 Å². The van der Waals surface area contributed by atoms with Crippen LogP contribution in [-0.4, -0.2) is 36.1 Å². The average Bonchev–Trinajstić information content (AvgIpc) is 3.36. The Morgan fingerprint density at radius 2 is 1.71 bits per heavy atom. The summed E-state index contributed by atoms with van der Waals surface area (Å²) in [6, 6.07) is 18.6. The first-order valence-electron chi connectivity index (χ1n) is 12.1. The minimum Gasteiger partial charge on any atom is -0.496 e. The van der Waals surface area contributed by atoms with E-state index in [0.717, 1.165) is 48.3 Å². The van der Waals surface area contributed by atoms with Crippen molar-refractivity contribution in [2.75, 3.05) is 20.3 Å². The Balaban J connectivity index is 1.58. The van der Waals surface area contributed by atoms with Crippen molar-refractivity contribution < 1.29 is 14.2 Å². The number of hydrogen-bond donors (Lipinski definition) is 0. The zero-order valence-corrected chi connectivity index (χ0v) is 20.3. The zero-order valence-electron chi connectivity index (χ0n) is 19.6. The summed E-state index contributed by atoms with van der Waals surface area (Å²) in [6.45, 7) is 3.62. The lowest BCUT2D eigenvalue weighted by molar-refractivity contribution is -0.232. The molecule has 3 atom stereocenters. The zero-order chi connectivity index (χ0) is 23.3. The Labute approximate surface area is 205 Å². The molecule has 176 valence electrons. The number of ether oxygens (including phenoxy) is 3. The third kappa shape index (κ3) is 3.14. The van der Waals surface area contributed by atoms with E-state index in [9.17, 15) is 0 Å². The van der Waals surface area contributed by atoms with E-state index in [2.05, 4.69) is 37.3 Å². The number of methoxy groups -OCH3 is 1. The molecule has 0 bridgehead atoms. The van der Waals surface area contributed by atoms with Crippen LogP contribution >= 0.6 is 11.6 Å². The molecule has 0 N–H and O–H groups in total. The number of benzene rings is 2. The normalized spacial score (nSPS) is 27.3. The van der Waals surface area contributed by atoms with E-state index >= 15 is 0 Å². The smallest absolute Gasteiger partial charge is 0.171 e. The van der Waals surface area contributed by atoms with Gasteiger partial charge >= 0.3 is 0 Å². The Morgan fingerprint density at radius 1 is 0.971 bits per heavy atom. The topological polar surface area (TPSA) is 53.5 Å². The van der Waals surface area contributed by atoms with E-state index in [4.69, 9.17) is 35.8 Å². The Kier molecular flexibility index (Phi) is 5.40. The van der Waals surface area contributed by atoms with Crippen molar-refractivity contribution in [1.29, 1.82) is 0 Å². The second-order valence-corrected chi connectivity index (χ2v) is 10.0. The van der Waals surface area contributed by atoms with E-state index in [0.29, 0.717) is 30.1 Å². The molecular weight excluding hydrogens is 448 g/mol. The second kappa shape index (κ2) is 8.33. The van der Waals surface area contributed by atoms with Crippen LogP contribution in [-0.2, 0) is 21.3 Å². The number of aromatic nitrogens is 2. The predicted molar refractivity (Wildman–Crippen MR) is 131 cm³/mol. The number of para-hydroxylation sites is 1. The van der Waals surface area contributed by atoms with E-state index in [1.807, 2.05) is 24.3 Å². The molecule has 3 aliphatic rings. The van der Waals surface area contributed by atoms with Gasteiger partial charge in [-0.1, -0.05) is 61.0 Å². The summed E-state index contributed by atoms with van der Waals surface area (Å²) in [5.41, 5.74) is 3.97. The molecule has 6 rings (SSSR count). The molecule has 2 heterocycles. The first kappa shape index (κ1) is 22.0. The van der Waals surface area contributed by atoms with Crippen LogP contribution < -0.4 is 4.74 Å². The fourth-order valence-corrected chi connectivity index (χ4v) is 6.98. The molecule has 2 aliphatic carbocycles. The van der Waals surface area contributed by atoms with Gasteiger partial charge in [0, 0.05) is 23.3 Å². The highest BCUT2D eigenvalue weighted by Gasteiger charge is 2.60. The van der Waals surface area contributed by atoms with Gasteiger partial charge in [0.15, 0.2) is 11.6 Å². The van der Waals surface area contributed by atoms with Crippen LogP contribution in [0.2, 0.25) is 5.15 Å². The maximum atomic E-state index is 6.89. The fourth-order valence-electron chi connectivity index (χ4n) is 6.71. The monoisotopic (exact) mass is 476 g/mol. The first-order chi connectivity index (χ1) is 16.6. The van der Waals surface area contributed by atoms with Crippen molar-refractivity contribution in [1.82, 2.24) is 9.97 Å². The molecule has 1 aliphatic heterocycles. The number of rotatable bonds is 3. The predicted octanol–water partition coefficient (Wildman–Crippen LogP) is 5.83. The standard InChI is InChI=1S/C28H29ClN2O3/c1-18-22-13-12-21-24(30-26(31-25(21)29)20-10-6-7-11-23(20)32-2)27(22,19-8-4-3-5-9-19)14-15-28(18)33-16-17-34-28/h3-11,18,22H,12-17H2,1-2H3/t18-,22-,27+/m0/s1. The largest absolute Gasteiger partial charge is 0.496 e. The SMILES string of the molecule is COc1ccccc1-c1nc(Cl)c2c(n1)[C@@]1(c3ccccc3)CCC3(OCCO3)[C@@H](C)[C@@H]1CC2. The Bertz CT molecular complexity index is 1210. The molecular formula is C28H29ClN2O3. The van der Waals surface area contributed by atoms with Crippen LogP contribution in [0.3, 0.4) is 0 Å². The maximum absolute atomic E-state index is 6.89. The highest BCUT2D eigenvalue weighted by atomic mass is 35.5. The lowest BCUT2D eigenvalue weighted by Crippen LogP contribution is -2.57. The van der Waals surface area contributed by atoms with Gasteiger partial charge in [-0.3, -0.25) is 0 Å². The molecule has 6 heteroatoms.